The summed E-state index contributed by atoms with van der Waals surface area (Å²) in [6.07, 6.45) is 3.15. The van der Waals surface area contributed by atoms with Crippen LogP contribution in [0.15, 0.2) is 24.3 Å². The minimum Gasteiger partial charge on any atom is -0.497 e. The third kappa shape index (κ3) is 5.96. The van der Waals surface area contributed by atoms with Crippen LogP contribution in [0.5, 0.6) is 5.75 Å². The number of likely N-dealkylation sites (tertiary alicyclic amines) is 1. The van der Waals surface area contributed by atoms with Crippen molar-refractivity contribution >= 4 is 11.8 Å². The molecule has 0 aromatic heterocycles. The van der Waals surface area contributed by atoms with Crippen LogP contribution in [0.1, 0.15) is 58.1 Å². The Kier molecular flexibility index (Phi) is 8.77. The van der Waals surface area contributed by atoms with E-state index in [0.717, 1.165) is 30.6 Å². The highest BCUT2D eigenvalue weighted by atomic mass is 16.5. The lowest BCUT2D eigenvalue weighted by Gasteiger charge is -2.28. The Labute approximate surface area is 168 Å². The fourth-order valence-corrected chi connectivity index (χ4v) is 3.56. The minimum atomic E-state index is -0.372. The molecule has 1 N–H and O–H groups in total. The van der Waals surface area contributed by atoms with Gasteiger partial charge in [0.2, 0.25) is 11.8 Å². The average Bonchev–Trinajstić information content (AvgIpc) is 3.02. The van der Waals surface area contributed by atoms with Gasteiger partial charge in [0.05, 0.1) is 25.2 Å². The van der Waals surface area contributed by atoms with E-state index in [1.165, 1.54) is 0 Å². The molecule has 0 aliphatic carbocycles. The molecule has 2 unspecified atom stereocenters. The smallest absolute Gasteiger partial charge is 0.226 e. The summed E-state index contributed by atoms with van der Waals surface area (Å²) in [6, 6.07) is 7.45. The van der Waals surface area contributed by atoms with Gasteiger partial charge in [-0.25, -0.2) is 0 Å². The molecule has 0 saturated carbocycles. The van der Waals surface area contributed by atoms with Gasteiger partial charge in [-0.1, -0.05) is 25.5 Å². The first kappa shape index (κ1) is 22.2. The normalized spacial score (nSPS) is 19.3. The molecule has 1 aliphatic rings. The van der Waals surface area contributed by atoms with Gasteiger partial charge in [-0.15, -0.1) is 0 Å². The quantitative estimate of drug-likeness (QED) is 0.589. The molecule has 2 atom stereocenters. The van der Waals surface area contributed by atoms with Crippen LogP contribution in [-0.4, -0.2) is 49.6 Å². The number of benzene rings is 1. The number of carbonyl (C=O) groups excluding carboxylic acids is 2. The number of rotatable bonds is 11. The molecule has 0 radical (unpaired) electrons. The number of amides is 2. The molecule has 28 heavy (non-hydrogen) atoms. The number of hydrogen-bond donors (Lipinski definition) is 1. The van der Waals surface area contributed by atoms with Crippen LogP contribution in [0, 0.1) is 5.92 Å². The number of nitrogens with one attached hydrogen (secondary N) is 1. The van der Waals surface area contributed by atoms with Gasteiger partial charge in [0.1, 0.15) is 5.75 Å². The average molecular weight is 391 g/mol. The first-order valence-electron chi connectivity index (χ1n) is 10.3. The standard InChI is InChI=1S/C22H34N2O4/c1-5-6-13-24-20(25)15-19(22(26)23-12-7-14-28-16(2)3)21(24)17-8-10-18(27-4)11-9-17/h8-11,16,19,21H,5-7,12-15H2,1-4H3,(H,23,26). The van der Waals surface area contributed by atoms with E-state index in [1.54, 1.807) is 7.11 Å². The molecule has 2 rings (SSSR count). The summed E-state index contributed by atoms with van der Waals surface area (Å²) in [5.41, 5.74) is 0.978. The molecule has 6 nitrogen and oxygen atoms in total. The van der Waals surface area contributed by atoms with Gasteiger partial charge in [0, 0.05) is 26.1 Å². The van der Waals surface area contributed by atoms with Crippen molar-refractivity contribution in [3.63, 3.8) is 0 Å². The van der Waals surface area contributed by atoms with E-state index in [9.17, 15) is 9.59 Å². The first-order chi connectivity index (χ1) is 13.5. The summed E-state index contributed by atoms with van der Waals surface area (Å²) in [5.74, 6) is 0.387. The van der Waals surface area contributed by atoms with Crippen molar-refractivity contribution in [3.8, 4) is 5.75 Å². The summed E-state index contributed by atoms with van der Waals surface area (Å²) < 4.78 is 10.8. The zero-order valence-electron chi connectivity index (χ0n) is 17.6. The lowest BCUT2D eigenvalue weighted by molar-refractivity contribution is -0.129. The second kappa shape index (κ2) is 11.1. The summed E-state index contributed by atoms with van der Waals surface area (Å²) >= 11 is 0. The van der Waals surface area contributed by atoms with Crippen LogP contribution >= 0.6 is 0 Å². The molecular formula is C22H34N2O4. The summed E-state index contributed by atoms with van der Waals surface area (Å²) in [4.78, 5) is 27.4. The van der Waals surface area contributed by atoms with Gasteiger partial charge in [-0.2, -0.15) is 0 Å². The number of ether oxygens (including phenoxy) is 2. The lowest BCUT2D eigenvalue weighted by Crippen LogP contribution is -2.36. The zero-order chi connectivity index (χ0) is 20.5. The van der Waals surface area contributed by atoms with Crippen LogP contribution in [0.4, 0.5) is 0 Å². The van der Waals surface area contributed by atoms with E-state index in [4.69, 9.17) is 9.47 Å². The Bertz CT molecular complexity index is 630. The molecule has 0 bridgehead atoms. The summed E-state index contributed by atoms with van der Waals surface area (Å²) in [6.45, 7) is 7.94. The maximum atomic E-state index is 12.9. The topological polar surface area (TPSA) is 67.9 Å². The SMILES string of the molecule is CCCCN1C(=O)CC(C(=O)NCCCOC(C)C)C1c1ccc(OC)cc1. The van der Waals surface area contributed by atoms with Crippen molar-refractivity contribution in [2.75, 3.05) is 26.8 Å². The van der Waals surface area contributed by atoms with Crippen LogP contribution in [0.2, 0.25) is 0 Å². The lowest BCUT2D eigenvalue weighted by atomic mass is 9.92. The Balaban J connectivity index is 2.08. The van der Waals surface area contributed by atoms with Crippen molar-refractivity contribution in [2.24, 2.45) is 5.92 Å². The minimum absolute atomic E-state index is 0.0533. The Morgan fingerprint density at radius 2 is 1.96 bits per heavy atom. The molecule has 1 aliphatic heterocycles. The highest BCUT2D eigenvalue weighted by Crippen LogP contribution is 2.39. The first-order valence-corrected chi connectivity index (χ1v) is 10.3. The fraction of sp³-hybridized carbons (Fsp3) is 0.636. The maximum absolute atomic E-state index is 12.9. The Morgan fingerprint density at radius 3 is 2.57 bits per heavy atom. The van der Waals surface area contributed by atoms with E-state index in [2.05, 4.69) is 12.2 Å². The van der Waals surface area contributed by atoms with E-state index in [1.807, 2.05) is 43.0 Å². The predicted octanol–water partition coefficient (Wildman–Crippen LogP) is 3.32. The number of nitrogens with zero attached hydrogens (tertiary/aromatic N) is 1. The number of hydrogen-bond acceptors (Lipinski definition) is 4. The molecule has 6 heteroatoms. The molecule has 2 amide bonds. The molecule has 0 spiro atoms. The monoisotopic (exact) mass is 390 g/mol. The van der Waals surface area contributed by atoms with Gasteiger partial charge in [-0.05, 0) is 44.4 Å². The third-order valence-corrected chi connectivity index (χ3v) is 5.05. The predicted molar refractivity (Wildman–Crippen MR) is 109 cm³/mol. The summed E-state index contributed by atoms with van der Waals surface area (Å²) in [5, 5.41) is 3.00. The maximum Gasteiger partial charge on any atom is 0.226 e. The van der Waals surface area contributed by atoms with Gasteiger partial charge < -0.3 is 19.7 Å². The van der Waals surface area contributed by atoms with Gasteiger partial charge >= 0.3 is 0 Å². The number of unbranched alkanes of at least 4 members (excludes halogenated alkanes) is 1. The Hall–Kier alpha value is -2.08. The van der Waals surface area contributed by atoms with Crippen molar-refractivity contribution in [3.05, 3.63) is 29.8 Å². The van der Waals surface area contributed by atoms with E-state index in [0.29, 0.717) is 19.7 Å². The number of methoxy groups -OCH3 is 1. The molecule has 1 saturated heterocycles. The third-order valence-electron chi connectivity index (χ3n) is 5.05. The highest BCUT2D eigenvalue weighted by molar-refractivity contribution is 5.90. The molecular weight excluding hydrogens is 356 g/mol. The van der Waals surface area contributed by atoms with Crippen molar-refractivity contribution in [1.82, 2.24) is 10.2 Å². The van der Waals surface area contributed by atoms with Crippen LogP contribution < -0.4 is 10.1 Å². The van der Waals surface area contributed by atoms with Gasteiger partial charge in [-0.3, -0.25) is 9.59 Å². The van der Waals surface area contributed by atoms with Crippen molar-refractivity contribution in [1.29, 1.82) is 0 Å². The second-order valence-corrected chi connectivity index (χ2v) is 7.53. The second-order valence-electron chi connectivity index (χ2n) is 7.53. The molecule has 156 valence electrons. The van der Waals surface area contributed by atoms with Gasteiger partial charge in [0.25, 0.3) is 0 Å². The van der Waals surface area contributed by atoms with Crippen molar-refractivity contribution < 1.29 is 19.1 Å². The molecule has 1 aromatic rings. The molecule has 1 aromatic carbocycles. The van der Waals surface area contributed by atoms with Crippen LogP contribution in [-0.2, 0) is 14.3 Å². The highest BCUT2D eigenvalue weighted by Gasteiger charge is 2.43. The van der Waals surface area contributed by atoms with E-state index >= 15 is 0 Å². The summed E-state index contributed by atoms with van der Waals surface area (Å²) in [7, 11) is 1.63. The van der Waals surface area contributed by atoms with Gasteiger partial charge in [0.15, 0.2) is 0 Å². The molecule has 1 fully saturated rings. The van der Waals surface area contributed by atoms with Crippen LogP contribution in [0.3, 0.4) is 0 Å². The van der Waals surface area contributed by atoms with Crippen LogP contribution in [0.25, 0.3) is 0 Å². The van der Waals surface area contributed by atoms with Crippen molar-refractivity contribution in [2.45, 2.75) is 58.6 Å². The largest absolute Gasteiger partial charge is 0.497 e. The van der Waals surface area contributed by atoms with E-state index in [-0.39, 0.29) is 36.3 Å². The zero-order valence-corrected chi connectivity index (χ0v) is 17.6. The molecule has 1 heterocycles. The fourth-order valence-electron chi connectivity index (χ4n) is 3.56. The number of carbonyl (C=O) groups is 2. The Morgan fingerprint density at radius 1 is 1.25 bits per heavy atom. The van der Waals surface area contributed by atoms with E-state index < -0.39 is 0 Å².